The number of urea groups is 1. The molecule has 1 atom stereocenters. The summed E-state index contributed by atoms with van der Waals surface area (Å²) in [6.45, 7) is 0.908. The van der Waals surface area contributed by atoms with Crippen LogP contribution < -0.4 is 5.32 Å². The van der Waals surface area contributed by atoms with Crippen molar-refractivity contribution in [1.29, 1.82) is 0 Å². The third-order valence-electron chi connectivity index (χ3n) is 2.97. The molecular weight excluding hydrogens is 316 g/mol. The van der Waals surface area contributed by atoms with Gasteiger partial charge in [0.05, 0.1) is 0 Å². The first kappa shape index (κ1) is 13.5. The van der Waals surface area contributed by atoms with Crippen LogP contribution >= 0.6 is 15.9 Å². The third-order valence-corrected chi connectivity index (χ3v) is 3.46. The Morgan fingerprint density at radius 1 is 1.47 bits per heavy atom. The summed E-state index contributed by atoms with van der Waals surface area (Å²) in [5.74, 6) is -1.81. The molecule has 0 saturated carbocycles. The van der Waals surface area contributed by atoms with Crippen molar-refractivity contribution in [3.8, 4) is 0 Å². The maximum atomic E-state index is 12.2. The zero-order chi connectivity index (χ0) is 14.2. The van der Waals surface area contributed by atoms with Crippen LogP contribution in [0, 0.1) is 0 Å². The van der Waals surface area contributed by atoms with Crippen molar-refractivity contribution in [3.63, 3.8) is 0 Å². The lowest BCUT2D eigenvalue weighted by Gasteiger charge is -2.22. The van der Waals surface area contributed by atoms with Crippen LogP contribution in [0.1, 0.15) is 12.5 Å². The predicted octanol–water partition coefficient (Wildman–Crippen LogP) is 1.30. The molecule has 0 bridgehead atoms. The summed E-state index contributed by atoms with van der Waals surface area (Å²) in [5.41, 5.74) is -0.649. The van der Waals surface area contributed by atoms with Gasteiger partial charge in [-0.2, -0.15) is 0 Å². The molecule has 1 aromatic rings. The number of carboxylic acid groups (broad SMARTS) is 1. The van der Waals surface area contributed by atoms with Gasteiger partial charge in [-0.25, -0.2) is 4.79 Å². The van der Waals surface area contributed by atoms with Gasteiger partial charge in [0.25, 0.3) is 5.91 Å². The molecule has 1 aliphatic rings. The van der Waals surface area contributed by atoms with Gasteiger partial charge in [0.2, 0.25) is 0 Å². The second kappa shape index (κ2) is 4.65. The van der Waals surface area contributed by atoms with Gasteiger partial charge in [0.1, 0.15) is 12.1 Å². The van der Waals surface area contributed by atoms with E-state index >= 15 is 0 Å². The Labute approximate surface area is 117 Å². The Kier molecular flexibility index (Phi) is 3.32. The van der Waals surface area contributed by atoms with E-state index in [2.05, 4.69) is 21.2 Å². The fourth-order valence-corrected chi connectivity index (χ4v) is 2.37. The first-order valence-electron chi connectivity index (χ1n) is 5.46. The van der Waals surface area contributed by atoms with E-state index < -0.39 is 30.0 Å². The van der Waals surface area contributed by atoms with E-state index in [1.165, 1.54) is 0 Å². The van der Waals surface area contributed by atoms with Crippen molar-refractivity contribution in [2.45, 2.75) is 12.5 Å². The molecule has 19 heavy (non-hydrogen) atoms. The van der Waals surface area contributed by atoms with Gasteiger partial charge in [-0.05, 0) is 24.6 Å². The Morgan fingerprint density at radius 3 is 2.74 bits per heavy atom. The third kappa shape index (κ3) is 2.33. The topological polar surface area (TPSA) is 86.7 Å². The van der Waals surface area contributed by atoms with Crippen LogP contribution in [0.25, 0.3) is 0 Å². The van der Waals surface area contributed by atoms with Crippen LogP contribution in [-0.2, 0) is 15.1 Å². The van der Waals surface area contributed by atoms with E-state index in [-0.39, 0.29) is 0 Å². The minimum absolute atomic E-state index is 0.571. The van der Waals surface area contributed by atoms with E-state index in [0.29, 0.717) is 10.5 Å². The van der Waals surface area contributed by atoms with Gasteiger partial charge in [-0.3, -0.25) is 14.5 Å². The number of nitrogens with zero attached hydrogens (tertiary/aromatic N) is 1. The molecule has 100 valence electrons. The molecule has 1 saturated heterocycles. The zero-order valence-corrected chi connectivity index (χ0v) is 11.6. The van der Waals surface area contributed by atoms with Crippen LogP contribution in [-0.4, -0.2) is 34.5 Å². The van der Waals surface area contributed by atoms with E-state index in [1.54, 1.807) is 31.2 Å². The highest BCUT2D eigenvalue weighted by molar-refractivity contribution is 9.10. The summed E-state index contributed by atoms with van der Waals surface area (Å²) in [7, 11) is 0. The van der Waals surface area contributed by atoms with Crippen molar-refractivity contribution < 1.29 is 19.5 Å². The van der Waals surface area contributed by atoms with Gasteiger partial charge in [-0.1, -0.05) is 28.1 Å². The number of nitrogens with one attached hydrogen (secondary N) is 1. The standard InChI is InChI=1S/C12H11BrN2O4/c1-12(7-3-2-4-8(13)5-7)10(18)15(6-9(16)17)11(19)14-12/h2-5H,6H2,1H3,(H,14,19)(H,16,17). The van der Waals surface area contributed by atoms with Gasteiger partial charge in [0, 0.05) is 4.47 Å². The molecule has 0 aromatic heterocycles. The molecule has 1 heterocycles. The molecule has 6 nitrogen and oxygen atoms in total. The first-order chi connectivity index (χ1) is 8.84. The number of benzene rings is 1. The number of aliphatic carboxylic acids is 1. The predicted molar refractivity (Wildman–Crippen MR) is 69.4 cm³/mol. The average Bonchev–Trinajstić information content (AvgIpc) is 2.54. The minimum atomic E-state index is -1.24. The van der Waals surface area contributed by atoms with Gasteiger partial charge in [-0.15, -0.1) is 0 Å². The largest absolute Gasteiger partial charge is 0.480 e. The fourth-order valence-electron chi connectivity index (χ4n) is 1.97. The van der Waals surface area contributed by atoms with Crippen molar-refractivity contribution in [1.82, 2.24) is 10.2 Å². The number of carboxylic acids is 1. The second-order valence-electron chi connectivity index (χ2n) is 4.35. The number of carbonyl (C=O) groups excluding carboxylic acids is 2. The molecule has 3 amide bonds. The maximum Gasteiger partial charge on any atom is 0.325 e. The van der Waals surface area contributed by atoms with Crippen LogP contribution in [0.4, 0.5) is 4.79 Å². The van der Waals surface area contributed by atoms with Crippen molar-refractivity contribution in [3.05, 3.63) is 34.3 Å². The highest BCUT2D eigenvalue weighted by Crippen LogP contribution is 2.30. The molecule has 2 rings (SSSR count). The molecule has 2 N–H and O–H groups in total. The summed E-state index contributed by atoms with van der Waals surface area (Å²) < 4.78 is 0.768. The van der Waals surface area contributed by atoms with Crippen molar-refractivity contribution in [2.75, 3.05) is 6.54 Å². The molecule has 1 aromatic carbocycles. The SMILES string of the molecule is CC1(c2cccc(Br)c2)NC(=O)N(CC(=O)O)C1=O. The van der Waals surface area contributed by atoms with Gasteiger partial charge >= 0.3 is 12.0 Å². The zero-order valence-electron chi connectivity index (χ0n) is 10.0. The monoisotopic (exact) mass is 326 g/mol. The maximum absolute atomic E-state index is 12.2. The molecule has 0 aliphatic carbocycles. The molecule has 0 spiro atoms. The van der Waals surface area contributed by atoms with Crippen LogP contribution in [0.15, 0.2) is 28.7 Å². The summed E-state index contributed by atoms with van der Waals surface area (Å²) in [6.07, 6.45) is 0. The lowest BCUT2D eigenvalue weighted by molar-refractivity contribution is -0.142. The van der Waals surface area contributed by atoms with E-state index in [4.69, 9.17) is 5.11 Å². The lowest BCUT2D eigenvalue weighted by atomic mass is 9.92. The number of imide groups is 1. The number of hydrogen-bond acceptors (Lipinski definition) is 3. The fraction of sp³-hybridized carbons (Fsp3) is 0.250. The Hall–Kier alpha value is -1.89. The number of halogens is 1. The smallest absolute Gasteiger partial charge is 0.325 e. The molecule has 1 aliphatic heterocycles. The summed E-state index contributed by atoms with van der Waals surface area (Å²) >= 11 is 3.29. The quantitative estimate of drug-likeness (QED) is 0.820. The summed E-state index contributed by atoms with van der Waals surface area (Å²) in [4.78, 5) is 35.3. The van der Waals surface area contributed by atoms with Crippen LogP contribution in [0.5, 0.6) is 0 Å². The average molecular weight is 327 g/mol. The minimum Gasteiger partial charge on any atom is -0.480 e. The molecule has 1 fully saturated rings. The molecule has 1 unspecified atom stereocenters. The molecular formula is C12H11BrN2O4. The first-order valence-corrected chi connectivity index (χ1v) is 6.26. The number of hydrogen-bond donors (Lipinski definition) is 2. The summed E-state index contributed by atoms with van der Waals surface area (Å²) in [5, 5.41) is 11.2. The van der Waals surface area contributed by atoms with Crippen LogP contribution in [0.2, 0.25) is 0 Å². The van der Waals surface area contributed by atoms with Crippen LogP contribution in [0.3, 0.4) is 0 Å². The van der Waals surface area contributed by atoms with Crippen molar-refractivity contribution >= 4 is 33.8 Å². The Morgan fingerprint density at radius 2 is 2.16 bits per heavy atom. The normalized spacial score (nSPS) is 22.5. The van der Waals surface area contributed by atoms with E-state index in [0.717, 1.165) is 4.47 Å². The Balaban J connectivity index is 2.38. The van der Waals surface area contributed by atoms with Gasteiger partial charge < -0.3 is 10.4 Å². The highest BCUT2D eigenvalue weighted by Gasteiger charge is 2.49. The highest BCUT2D eigenvalue weighted by atomic mass is 79.9. The van der Waals surface area contributed by atoms with E-state index in [9.17, 15) is 14.4 Å². The Bertz CT molecular complexity index is 575. The number of carbonyl (C=O) groups is 3. The summed E-state index contributed by atoms with van der Waals surface area (Å²) in [6, 6.07) is 6.25. The second-order valence-corrected chi connectivity index (χ2v) is 5.27. The van der Waals surface area contributed by atoms with E-state index in [1.807, 2.05) is 0 Å². The lowest BCUT2D eigenvalue weighted by Crippen LogP contribution is -2.41. The molecule has 0 radical (unpaired) electrons. The number of rotatable bonds is 3. The van der Waals surface area contributed by atoms with Crippen molar-refractivity contribution in [2.24, 2.45) is 0 Å². The number of amides is 3. The van der Waals surface area contributed by atoms with Gasteiger partial charge in [0.15, 0.2) is 0 Å². The molecule has 7 heteroatoms.